The number of amides is 2. The predicted molar refractivity (Wildman–Crippen MR) is 74.9 cm³/mol. The van der Waals surface area contributed by atoms with Gasteiger partial charge in [-0.15, -0.1) is 0 Å². The van der Waals surface area contributed by atoms with Crippen LogP contribution in [-0.2, 0) is 0 Å². The minimum atomic E-state index is -0.631. The van der Waals surface area contributed by atoms with E-state index in [0.717, 1.165) is 37.9 Å². The van der Waals surface area contributed by atoms with Crippen LogP contribution < -0.4 is 10.6 Å². The molecule has 0 spiro atoms. The standard InChI is InChI=1S/C13H24N2O2S/c1-2-18-11-5-4-10(8-11)15-12(16)14-9-13(17)6-3-7-13/h10-11,17H,2-9H2,1H3,(H2,14,15,16). The van der Waals surface area contributed by atoms with Crippen molar-refractivity contribution >= 4 is 17.8 Å². The summed E-state index contributed by atoms with van der Waals surface area (Å²) in [4.78, 5) is 11.7. The molecule has 3 N–H and O–H groups in total. The smallest absolute Gasteiger partial charge is 0.315 e. The lowest BCUT2D eigenvalue weighted by Crippen LogP contribution is -2.51. The molecule has 2 aliphatic rings. The Hall–Kier alpha value is -0.420. The Morgan fingerprint density at radius 3 is 2.83 bits per heavy atom. The topological polar surface area (TPSA) is 61.4 Å². The van der Waals surface area contributed by atoms with Crippen LogP contribution in [0.2, 0.25) is 0 Å². The van der Waals surface area contributed by atoms with Crippen LogP contribution in [0, 0.1) is 0 Å². The molecule has 2 unspecified atom stereocenters. The average molecular weight is 272 g/mol. The molecule has 2 fully saturated rings. The number of carbonyl (C=O) groups is 1. The molecule has 2 atom stereocenters. The van der Waals surface area contributed by atoms with Crippen LogP contribution >= 0.6 is 11.8 Å². The number of nitrogens with one attached hydrogen (secondary N) is 2. The highest BCUT2D eigenvalue weighted by Crippen LogP contribution is 2.31. The Balaban J connectivity index is 1.62. The Labute approximate surface area is 113 Å². The maximum Gasteiger partial charge on any atom is 0.315 e. The fourth-order valence-corrected chi connectivity index (χ4v) is 3.84. The van der Waals surface area contributed by atoms with Crippen LogP contribution in [0.1, 0.15) is 45.4 Å². The first kappa shape index (κ1) is 14.0. The van der Waals surface area contributed by atoms with Gasteiger partial charge in [-0.25, -0.2) is 4.79 Å². The van der Waals surface area contributed by atoms with Crippen molar-refractivity contribution in [2.75, 3.05) is 12.3 Å². The molecular weight excluding hydrogens is 248 g/mol. The van der Waals surface area contributed by atoms with E-state index in [4.69, 9.17) is 0 Å². The Morgan fingerprint density at radius 1 is 1.44 bits per heavy atom. The van der Waals surface area contributed by atoms with Gasteiger partial charge in [-0.2, -0.15) is 11.8 Å². The molecule has 0 bridgehead atoms. The number of hydrogen-bond donors (Lipinski definition) is 3. The zero-order valence-corrected chi connectivity index (χ0v) is 11.9. The second kappa shape index (κ2) is 6.15. The van der Waals surface area contributed by atoms with Gasteiger partial charge in [0.15, 0.2) is 0 Å². The number of rotatable bonds is 5. The SMILES string of the molecule is CCSC1CCC(NC(=O)NCC2(O)CCC2)C1. The third-order valence-corrected chi connectivity index (χ3v) is 5.22. The molecule has 4 nitrogen and oxygen atoms in total. The summed E-state index contributed by atoms with van der Waals surface area (Å²) in [7, 11) is 0. The van der Waals surface area contributed by atoms with E-state index in [9.17, 15) is 9.90 Å². The van der Waals surface area contributed by atoms with Crippen molar-refractivity contribution in [3.63, 3.8) is 0 Å². The van der Waals surface area contributed by atoms with Crippen LogP contribution in [0.3, 0.4) is 0 Å². The summed E-state index contributed by atoms with van der Waals surface area (Å²) in [5.41, 5.74) is -0.631. The minimum absolute atomic E-state index is 0.123. The van der Waals surface area contributed by atoms with Gasteiger partial charge < -0.3 is 15.7 Å². The monoisotopic (exact) mass is 272 g/mol. The van der Waals surface area contributed by atoms with Crippen LogP contribution in [0.4, 0.5) is 4.79 Å². The molecular formula is C13H24N2O2S. The van der Waals surface area contributed by atoms with Gasteiger partial charge >= 0.3 is 6.03 Å². The summed E-state index contributed by atoms with van der Waals surface area (Å²) in [6, 6.07) is 0.188. The molecule has 2 rings (SSSR count). The molecule has 0 aromatic carbocycles. The first-order chi connectivity index (χ1) is 8.61. The molecule has 0 radical (unpaired) electrons. The second-order valence-electron chi connectivity index (χ2n) is 5.49. The predicted octanol–water partition coefficient (Wildman–Crippen LogP) is 1.87. The highest BCUT2D eigenvalue weighted by molar-refractivity contribution is 7.99. The van der Waals surface area contributed by atoms with Gasteiger partial charge in [-0.3, -0.25) is 0 Å². The molecule has 2 amide bonds. The third-order valence-electron chi connectivity index (χ3n) is 3.98. The molecule has 0 aromatic heterocycles. The minimum Gasteiger partial charge on any atom is -0.388 e. The number of carbonyl (C=O) groups excluding carboxylic acids is 1. The largest absolute Gasteiger partial charge is 0.388 e. The molecule has 0 heterocycles. The molecule has 2 aliphatic carbocycles. The van der Waals surface area contributed by atoms with Crippen LogP contribution in [0.5, 0.6) is 0 Å². The van der Waals surface area contributed by atoms with Gasteiger partial charge in [0.25, 0.3) is 0 Å². The van der Waals surface area contributed by atoms with Gasteiger partial charge in [0.1, 0.15) is 0 Å². The van der Waals surface area contributed by atoms with E-state index < -0.39 is 5.60 Å². The van der Waals surface area contributed by atoms with E-state index in [0.29, 0.717) is 17.8 Å². The van der Waals surface area contributed by atoms with E-state index in [2.05, 4.69) is 17.6 Å². The lowest BCUT2D eigenvalue weighted by molar-refractivity contribution is -0.0290. The van der Waals surface area contributed by atoms with Crippen molar-refractivity contribution in [3.8, 4) is 0 Å². The Bertz CT molecular complexity index is 295. The van der Waals surface area contributed by atoms with Crippen molar-refractivity contribution in [1.29, 1.82) is 0 Å². The molecule has 0 aliphatic heterocycles. The van der Waals surface area contributed by atoms with Crippen LogP contribution in [-0.4, -0.2) is 40.3 Å². The van der Waals surface area contributed by atoms with E-state index in [1.165, 1.54) is 6.42 Å². The number of aliphatic hydroxyl groups is 1. The highest BCUT2D eigenvalue weighted by atomic mass is 32.2. The van der Waals surface area contributed by atoms with E-state index in [-0.39, 0.29) is 6.03 Å². The molecule has 104 valence electrons. The van der Waals surface area contributed by atoms with E-state index in [1.807, 2.05) is 11.8 Å². The summed E-state index contributed by atoms with van der Waals surface area (Å²) in [5, 5.41) is 16.4. The summed E-state index contributed by atoms with van der Waals surface area (Å²) in [5.74, 6) is 1.15. The fraction of sp³-hybridized carbons (Fsp3) is 0.923. The number of hydrogen-bond acceptors (Lipinski definition) is 3. The van der Waals surface area contributed by atoms with Crippen LogP contribution in [0.25, 0.3) is 0 Å². The Kier molecular flexibility index (Phi) is 4.78. The van der Waals surface area contributed by atoms with Crippen molar-refractivity contribution in [2.24, 2.45) is 0 Å². The zero-order chi connectivity index (χ0) is 13.0. The highest BCUT2D eigenvalue weighted by Gasteiger charge is 2.34. The lowest BCUT2D eigenvalue weighted by Gasteiger charge is -2.36. The first-order valence-electron chi connectivity index (χ1n) is 7.00. The number of thioether (sulfide) groups is 1. The van der Waals surface area contributed by atoms with Crippen LogP contribution in [0.15, 0.2) is 0 Å². The molecule has 0 aromatic rings. The molecule has 18 heavy (non-hydrogen) atoms. The maximum atomic E-state index is 11.7. The van der Waals surface area contributed by atoms with Crippen molar-refractivity contribution in [1.82, 2.24) is 10.6 Å². The van der Waals surface area contributed by atoms with Crippen molar-refractivity contribution < 1.29 is 9.90 Å². The molecule has 5 heteroatoms. The normalized spacial score (nSPS) is 29.7. The van der Waals surface area contributed by atoms with Gasteiger partial charge in [0, 0.05) is 17.8 Å². The first-order valence-corrected chi connectivity index (χ1v) is 8.04. The Morgan fingerprint density at radius 2 is 2.22 bits per heavy atom. The molecule has 0 saturated heterocycles. The zero-order valence-electron chi connectivity index (χ0n) is 11.1. The molecule has 2 saturated carbocycles. The number of urea groups is 1. The summed E-state index contributed by atoms with van der Waals surface area (Å²) in [6.07, 6.45) is 6.05. The summed E-state index contributed by atoms with van der Waals surface area (Å²) in [6.45, 7) is 2.57. The van der Waals surface area contributed by atoms with Gasteiger partial charge in [0.05, 0.1) is 5.60 Å². The van der Waals surface area contributed by atoms with Gasteiger partial charge in [0.2, 0.25) is 0 Å². The van der Waals surface area contributed by atoms with Gasteiger partial charge in [-0.05, 0) is 44.3 Å². The van der Waals surface area contributed by atoms with Gasteiger partial charge in [-0.1, -0.05) is 6.92 Å². The summed E-state index contributed by atoms with van der Waals surface area (Å²) < 4.78 is 0. The third kappa shape index (κ3) is 3.79. The lowest BCUT2D eigenvalue weighted by atomic mass is 9.80. The average Bonchev–Trinajstić information content (AvgIpc) is 2.72. The fourth-order valence-electron chi connectivity index (χ4n) is 2.70. The van der Waals surface area contributed by atoms with Crippen molar-refractivity contribution in [3.05, 3.63) is 0 Å². The van der Waals surface area contributed by atoms with Crippen molar-refractivity contribution in [2.45, 2.75) is 62.3 Å². The second-order valence-corrected chi connectivity index (χ2v) is 7.07. The maximum absolute atomic E-state index is 11.7. The van der Waals surface area contributed by atoms with E-state index in [1.54, 1.807) is 0 Å². The van der Waals surface area contributed by atoms with E-state index >= 15 is 0 Å². The quantitative estimate of drug-likeness (QED) is 0.716. The summed E-state index contributed by atoms with van der Waals surface area (Å²) >= 11 is 1.99.